The number of nitrogens with zero attached hydrogens (tertiary/aromatic N) is 1. The highest BCUT2D eigenvalue weighted by Crippen LogP contribution is 2.07. The highest BCUT2D eigenvalue weighted by molar-refractivity contribution is 5.96. The SMILES string of the molecule is O=Cc1c(C(=O)O)ccnc1F. The molecule has 0 unspecified atom stereocenters. The van der Waals surface area contributed by atoms with E-state index in [0.717, 1.165) is 12.3 Å². The molecule has 0 aromatic carbocycles. The molecule has 0 aliphatic heterocycles. The van der Waals surface area contributed by atoms with Crippen molar-refractivity contribution in [2.24, 2.45) is 0 Å². The van der Waals surface area contributed by atoms with Crippen LogP contribution in [0.25, 0.3) is 0 Å². The molecule has 1 N–H and O–H groups in total. The van der Waals surface area contributed by atoms with Crippen molar-refractivity contribution >= 4 is 12.3 Å². The Morgan fingerprint density at radius 2 is 2.33 bits per heavy atom. The molecule has 62 valence electrons. The van der Waals surface area contributed by atoms with Crippen molar-refractivity contribution < 1.29 is 19.1 Å². The van der Waals surface area contributed by atoms with Crippen molar-refractivity contribution in [1.29, 1.82) is 0 Å². The number of pyridine rings is 1. The average Bonchev–Trinajstić information content (AvgIpc) is 2.03. The summed E-state index contributed by atoms with van der Waals surface area (Å²) in [6, 6.07) is 1.06. The average molecular weight is 169 g/mol. The van der Waals surface area contributed by atoms with Gasteiger partial charge in [-0.3, -0.25) is 4.79 Å². The smallest absolute Gasteiger partial charge is 0.336 e. The Morgan fingerprint density at radius 3 is 2.75 bits per heavy atom. The number of rotatable bonds is 2. The van der Waals surface area contributed by atoms with E-state index in [0.29, 0.717) is 0 Å². The summed E-state index contributed by atoms with van der Waals surface area (Å²) in [5.41, 5.74) is -0.900. The fraction of sp³-hybridized carbons (Fsp3) is 0. The van der Waals surface area contributed by atoms with Crippen molar-refractivity contribution in [3.05, 3.63) is 29.3 Å². The Labute approximate surface area is 66.7 Å². The summed E-state index contributed by atoms with van der Waals surface area (Å²) in [5, 5.41) is 8.47. The first kappa shape index (κ1) is 8.32. The maximum atomic E-state index is 12.6. The number of carbonyl (C=O) groups is 2. The summed E-state index contributed by atoms with van der Waals surface area (Å²) in [4.78, 5) is 23.7. The summed E-state index contributed by atoms with van der Waals surface area (Å²) < 4.78 is 12.6. The molecule has 1 heterocycles. The molecule has 0 fully saturated rings. The van der Waals surface area contributed by atoms with Crippen LogP contribution in [0.15, 0.2) is 12.3 Å². The van der Waals surface area contributed by atoms with Crippen LogP contribution in [0.2, 0.25) is 0 Å². The molecule has 4 nitrogen and oxygen atoms in total. The van der Waals surface area contributed by atoms with Gasteiger partial charge in [0.2, 0.25) is 5.95 Å². The van der Waals surface area contributed by atoms with Gasteiger partial charge in [-0.1, -0.05) is 0 Å². The first-order valence-corrected chi connectivity index (χ1v) is 2.99. The van der Waals surface area contributed by atoms with Gasteiger partial charge in [0.25, 0.3) is 0 Å². The summed E-state index contributed by atoms with van der Waals surface area (Å²) in [7, 11) is 0. The van der Waals surface area contributed by atoms with Crippen LogP contribution < -0.4 is 0 Å². The molecular weight excluding hydrogens is 165 g/mol. The number of halogens is 1. The molecule has 1 rings (SSSR count). The Balaban J connectivity index is 3.37. The van der Waals surface area contributed by atoms with Crippen LogP contribution >= 0.6 is 0 Å². The molecule has 0 bridgehead atoms. The fourth-order valence-corrected chi connectivity index (χ4v) is 0.746. The van der Waals surface area contributed by atoms with Crippen LogP contribution in [0.1, 0.15) is 20.7 Å². The van der Waals surface area contributed by atoms with Gasteiger partial charge in [-0.2, -0.15) is 4.39 Å². The van der Waals surface area contributed by atoms with Gasteiger partial charge in [-0.05, 0) is 6.07 Å². The third kappa shape index (κ3) is 1.29. The molecule has 0 spiro atoms. The highest BCUT2D eigenvalue weighted by Gasteiger charge is 2.13. The predicted octanol–water partition coefficient (Wildman–Crippen LogP) is 0.731. The van der Waals surface area contributed by atoms with E-state index in [9.17, 15) is 14.0 Å². The molecule has 0 aliphatic carbocycles. The molecule has 0 saturated carbocycles. The van der Waals surface area contributed by atoms with Crippen molar-refractivity contribution in [3.8, 4) is 0 Å². The number of carboxylic acid groups (broad SMARTS) is 1. The third-order valence-corrected chi connectivity index (χ3v) is 1.29. The van der Waals surface area contributed by atoms with Gasteiger partial charge in [-0.25, -0.2) is 9.78 Å². The second kappa shape index (κ2) is 3.08. The minimum absolute atomic E-state index is 0.131. The largest absolute Gasteiger partial charge is 0.478 e. The number of aromatic nitrogens is 1. The summed E-state index contributed by atoms with van der Waals surface area (Å²) in [6.07, 6.45) is 1.12. The number of hydrogen-bond donors (Lipinski definition) is 1. The minimum atomic E-state index is -1.35. The molecule has 0 amide bonds. The van der Waals surface area contributed by atoms with Crippen LogP contribution in [0, 0.1) is 5.95 Å². The van der Waals surface area contributed by atoms with Gasteiger partial charge in [-0.15, -0.1) is 0 Å². The molecule has 0 aliphatic rings. The number of carboxylic acids is 1. The zero-order valence-electron chi connectivity index (χ0n) is 5.82. The second-order valence-corrected chi connectivity index (χ2v) is 1.99. The van der Waals surface area contributed by atoms with Gasteiger partial charge >= 0.3 is 5.97 Å². The Bertz CT molecular complexity index is 337. The van der Waals surface area contributed by atoms with Crippen molar-refractivity contribution in [2.75, 3.05) is 0 Å². The molecule has 0 atom stereocenters. The van der Waals surface area contributed by atoms with E-state index in [1.807, 2.05) is 0 Å². The molecule has 12 heavy (non-hydrogen) atoms. The van der Waals surface area contributed by atoms with E-state index in [-0.39, 0.29) is 11.8 Å². The van der Waals surface area contributed by atoms with Gasteiger partial charge in [0.1, 0.15) is 0 Å². The quantitative estimate of drug-likeness (QED) is 0.523. The van der Waals surface area contributed by atoms with Crippen LogP contribution in [-0.4, -0.2) is 22.3 Å². The standard InChI is InChI=1S/C7H4FNO3/c8-6-5(3-10)4(7(11)12)1-2-9-6/h1-3H,(H,11,12). The minimum Gasteiger partial charge on any atom is -0.478 e. The number of hydrogen-bond acceptors (Lipinski definition) is 3. The van der Waals surface area contributed by atoms with E-state index in [2.05, 4.69) is 4.98 Å². The Kier molecular flexibility index (Phi) is 2.14. The van der Waals surface area contributed by atoms with Crippen molar-refractivity contribution in [1.82, 2.24) is 4.98 Å². The summed E-state index contributed by atoms with van der Waals surface area (Å²) >= 11 is 0. The van der Waals surface area contributed by atoms with Gasteiger partial charge < -0.3 is 5.11 Å². The van der Waals surface area contributed by atoms with Crippen LogP contribution in [0.4, 0.5) is 4.39 Å². The molecular formula is C7H4FNO3. The predicted molar refractivity (Wildman–Crippen MR) is 36.5 cm³/mol. The fourth-order valence-electron chi connectivity index (χ4n) is 0.746. The lowest BCUT2D eigenvalue weighted by molar-refractivity contribution is 0.0693. The zero-order valence-corrected chi connectivity index (χ0v) is 5.82. The lowest BCUT2D eigenvalue weighted by atomic mass is 10.1. The second-order valence-electron chi connectivity index (χ2n) is 1.99. The Morgan fingerprint density at radius 1 is 1.67 bits per heavy atom. The first-order valence-electron chi connectivity index (χ1n) is 2.99. The van der Waals surface area contributed by atoms with Crippen molar-refractivity contribution in [3.63, 3.8) is 0 Å². The topological polar surface area (TPSA) is 67.3 Å². The maximum absolute atomic E-state index is 12.6. The lowest BCUT2D eigenvalue weighted by Gasteiger charge is -1.97. The summed E-state index contributed by atoms with van der Waals surface area (Å²) in [5.74, 6) is -2.41. The summed E-state index contributed by atoms with van der Waals surface area (Å²) in [6.45, 7) is 0. The number of carbonyl (C=O) groups excluding carboxylic acids is 1. The highest BCUT2D eigenvalue weighted by atomic mass is 19.1. The van der Waals surface area contributed by atoms with E-state index in [1.165, 1.54) is 0 Å². The molecule has 5 heteroatoms. The number of aromatic carboxylic acids is 1. The maximum Gasteiger partial charge on any atom is 0.336 e. The monoisotopic (exact) mass is 169 g/mol. The normalized spacial score (nSPS) is 9.42. The van der Waals surface area contributed by atoms with Gasteiger partial charge in [0.05, 0.1) is 11.1 Å². The van der Waals surface area contributed by atoms with Gasteiger partial charge in [0.15, 0.2) is 6.29 Å². The molecule has 1 aromatic heterocycles. The van der Waals surface area contributed by atoms with Crippen LogP contribution in [-0.2, 0) is 0 Å². The van der Waals surface area contributed by atoms with Crippen molar-refractivity contribution in [2.45, 2.75) is 0 Å². The molecule has 0 saturated heterocycles. The van der Waals surface area contributed by atoms with E-state index >= 15 is 0 Å². The first-order chi connectivity index (χ1) is 5.66. The van der Waals surface area contributed by atoms with Crippen LogP contribution in [0.5, 0.6) is 0 Å². The van der Waals surface area contributed by atoms with Crippen LogP contribution in [0.3, 0.4) is 0 Å². The van der Waals surface area contributed by atoms with E-state index in [1.54, 1.807) is 0 Å². The zero-order chi connectivity index (χ0) is 9.14. The third-order valence-electron chi connectivity index (χ3n) is 1.29. The Hall–Kier alpha value is -1.78. The lowest BCUT2D eigenvalue weighted by Crippen LogP contribution is -2.05. The molecule has 0 radical (unpaired) electrons. The number of aldehydes is 1. The van der Waals surface area contributed by atoms with E-state index < -0.39 is 17.5 Å². The molecule has 1 aromatic rings. The van der Waals surface area contributed by atoms with E-state index in [4.69, 9.17) is 5.11 Å². The van der Waals surface area contributed by atoms with Gasteiger partial charge in [0, 0.05) is 6.20 Å².